The first-order chi connectivity index (χ1) is 16.4. The number of hydrogen-bond donors (Lipinski definition) is 0. The molecule has 0 aliphatic rings. The van der Waals surface area contributed by atoms with Gasteiger partial charge in [0, 0.05) is 23.3 Å². The van der Waals surface area contributed by atoms with Crippen LogP contribution in [0.2, 0.25) is 0 Å². The minimum absolute atomic E-state index is 0.0813. The third-order valence-corrected chi connectivity index (χ3v) is 4.76. The number of ether oxygens (including phenoxy) is 2. The highest BCUT2D eigenvalue weighted by Crippen LogP contribution is 2.27. The fourth-order valence-corrected chi connectivity index (χ4v) is 3.11. The molecule has 0 saturated carbocycles. The van der Waals surface area contributed by atoms with E-state index in [1.165, 1.54) is 36.4 Å². The normalized spacial score (nSPS) is 10.4. The Morgan fingerprint density at radius 3 is 1.29 bits per heavy atom. The van der Waals surface area contributed by atoms with Crippen LogP contribution in [0.15, 0.2) is 97.1 Å². The van der Waals surface area contributed by atoms with Gasteiger partial charge in [-0.2, -0.15) is 0 Å². The lowest BCUT2D eigenvalue weighted by atomic mass is 10.0. The monoisotopic (exact) mass is 456 g/mol. The summed E-state index contributed by atoms with van der Waals surface area (Å²) in [6.45, 7) is 0. The summed E-state index contributed by atoms with van der Waals surface area (Å²) in [5.41, 5.74) is 0.696. The van der Waals surface area contributed by atoms with Gasteiger partial charge in [0.05, 0.1) is 22.0 Å². The molecule has 4 rings (SSSR count). The fraction of sp³-hybridized carbons (Fsp3) is 0. The van der Waals surface area contributed by atoms with Gasteiger partial charge in [-0.3, -0.25) is 25.0 Å². The van der Waals surface area contributed by atoms with Gasteiger partial charge in [-0.05, 0) is 60.7 Å². The first kappa shape index (κ1) is 22.2. The second kappa shape index (κ2) is 9.61. The van der Waals surface area contributed by atoms with Crippen molar-refractivity contribution in [2.24, 2.45) is 0 Å². The predicted molar refractivity (Wildman–Crippen MR) is 123 cm³/mol. The molecular weight excluding hydrogens is 440 g/mol. The van der Waals surface area contributed by atoms with Gasteiger partial charge in [-0.15, -0.1) is 0 Å². The van der Waals surface area contributed by atoms with Crippen LogP contribution in [0.1, 0.15) is 15.9 Å². The van der Waals surface area contributed by atoms with Gasteiger partial charge in [0.2, 0.25) is 0 Å². The molecule has 0 unspecified atom stereocenters. The van der Waals surface area contributed by atoms with Gasteiger partial charge in [-0.25, -0.2) is 0 Å². The highest BCUT2D eigenvalue weighted by Gasteiger charge is 2.12. The summed E-state index contributed by atoms with van der Waals surface area (Å²) in [6, 6.07) is 24.4. The summed E-state index contributed by atoms with van der Waals surface area (Å²) in [7, 11) is 0. The van der Waals surface area contributed by atoms with Crippen molar-refractivity contribution >= 4 is 17.2 Å². The van der Waals surface area contributed by atoms with E-state index in [1.54, 1.807) is 60.7 Å². The summed E-state index contributed by atoms with van der Waals surface area (Å²) in [5, 5.41) is 21.8. The topological polar surface area (TPSA) is 122 Å². The number of nitro benzene ring substituents is 2. The van der Waals surface area contributed by atoms with Crippen LogP contribution in [-0.2, 0) is 0 Å². The van der Waals surface area contributed by atoms with Crippen molar-refractivity contribution < 1.29 is 24.1 Å². The molecule has 4 aromatic rings. The number of nitrogens with zero attached hydrogens (tertiary/aromatic N) is 2. The summed E-state index contributed by atoms with van der Waals surface area (Å²) in [6.07, 6.45) is 0. The molecule has 168 valence electrons. The van der Waals surface area contributed by atoms with E-state index in [1.807, 2.05) is 0 Å². The van der Waals surface area contributed by atoms with Gasteiger partial charge < -0.3 is 9.47 Å². The predicted octanol–water partition coefficient (Wildman–Crippen LogP) is 6.32. The highest BCUT2D eigenvalue weighted by atomic mass is 16.6. The highest BCUT2D eigenvalue weighted by molar-refractivity contribution is 6.09. The molecule has 0 radical (unpaired) electrons. The zero-order valence-corrected chi connectivity index (χ0v) is 17.5. The van der Waals surface area contributed by atoms with Crippen LogP contribution >= 0.6 is 0 Å². The van der Waals surface area contributed by atoms with E-state index in [2.05, 4.69) is 0 Å². The molecule has 0 saturated heterocycles. The minimum atomic E-state index is -0.505. The first-order valence-electron chi connectivity index (χ1n) is 9.98. The largest absolute Gasteiger partial charge is 0.457 e. The van der Waals surface area contributed by atoms with Crippen LogP contribution in [-0.4, -0.2) is 15.6 Å². The van der Waals surface area contributed by atoms with Crippen LogP contribution in [0.3, 0.4) is 0 Å². The minimum Gasteiger partial charge on any atom is -0.457 e. The number of carbonyl (C=O) groups excluding carboxylic acids is 1. The Morgan fingerprint density at radius 1 is 0.559 bits per heavy atom. The number of nitro groups is 2. The third-order valence-electron chi connectivity index (χ3n) is 4.76. The van der Waals surface area contributed by atoms with E-state index in [4.69, 9.17) is 9.47 Å². The molecule has 34 heavy (non-hydrogen) atoms. The smallest absolute Gasteiger partial charge is 0.273 e. The van der Waals surface area contributed by atoms with Crippen molar-refractivity contribution in [3.63, 3.8) is 0 Å². The Morgan fingerprint density at radius 2 is 0.941 bits per heavy atom. The number of ketones is 1. The maximum Gasteiger partial charge on any atom is 0.273 e. The zero-order chi connectivity index (χ0) is 24.1. The quantitative estimate of drug-likeness (QED) is 0.173. The van der Waals surface area contributed by atoms with Gasteiger partial charge >= 0.3 is 0 Å². The molecule has 0 aliphatic carbocycles. The molecule has 0 spiro atoms. The molecule has 0 fully saturated rings. The van der Waals surface area contributed by atoms with Crippen LogP contribution in [0.5, 0.6) is 23.0 Å². The average molecular weight is 456 g/mol. The number of carbonyl (C=O) groups is 1. The molecule has 9 nitrogen and oxygen atoms in total. The van der Waals surface area contributed by atoms with E-state index < -0.39 is 9.85 Å². The number of hydrogen-bond acceptors (Lipinski definition) is 7. The summed E-state index contributed by atoms with van der Waals surface area (Å²) >= 11 is 0. The maximum absolute atomic E-state index is 12.8. The first-order valence-corrected chi connectivity index (χ1v) is 9.98. The van der Waals surface area contributed by atoms with Crippen molar-refractivity contribution in [2.75, 3.05) is 0 Å². The lowest BCUT2D eigenvalue weighted by molar-refractivity contribution is -0.385. The summed E-state index contributed by atoms with van der Waals surface area (Å²) in [5.74, 6) is 1.26. The second-order valence-corrected chi connectivity index (χ2v) is 7.09. The van der Waals surface area contributed by atoms with Crippen molar-refractivity contribution in [3.05, 3.63) is 128 Å². The standard InChI is InChI=1S/C25H16N2O7/c28-25(17-7-11-21(12-8-17)33-23-5-1-3-19(15-23)26(29)30)18-9-13-22(14-10-18)34-24-6-2-4-20(16-24)27(31)32/h1-16H. The van der Waals surface area contributed by atoms with Gasteiger partial charge in [0.25, 0.3) is 11.4 Å². The molecule has 0 aliphatic heterocycles. The Balaban J connectivity index is 1.43. The summed E-state index contributed by atoms with van der Waals surface area (Å²) in [4.78, 5) is 33.6. The van der Waals surface area contributed by atoms with Crippen LogP contribution in [0, 0.1) is 20.2 Å². The van der Waals surface area contributed by atoms with Crippen molar-refractivity contribution in [1.82, 2.24) is 0 Å². The molecule has 0 aromatic heterocycles. The lowest BCUT2D eigenvalue weighted by Gasteiger charge is -2.08. The van der Waals surface area contributed by atoms with Crippen LogP contribution in [0.4, 0.5) is 11.4 Å². The Labute approximate surface area is 193 Å². The maximum atomic E-state index is 12.8. The second-order valence-electron chi connectivity index (χ2n) is 7.09. The van der Waals surface area contributed by atoms with Crippen molar-refractivity contribution in [3.8, 4) is 23.0 Å². The number of benzene rings is 4. The van der Waals surface area contributed by atoms with E-state index in [9.17, 15) is 25.0 Å². The zero-order valence-electron chi connectivity index (χ0n) is 17.5. The van der Waals surface area contributed by atoms with E-state index in [-0.39, 0.29) is 17.2 Å². The Hall–Kier alpha value is -5.05. The number of non-ortho nitro benzene ring substituents is 2. The van der Waals surface area contributed by atoms with Gasteiger partial charge in [0.1, 0.15) is 23.0 Å². The van der Waals surface area contributed by atoms with Crippen LogP contribution < -0.4 is 9.47 Å². The van der Waals surface area contributed by atoms with Crippen LogP contribution in [0.25, 0.3) is 0 Å². The molecule has 0 bridgehead atoms. The lowest BCUT2D eigenvalue weighted by Crippen LogP contribution is -2.01. The van der Waals surface area contributed by atoms with Gasteiger partial charge in [-0.1, -0.05) is 12.1 Å². The van der Waals surface area contributed by atoms with Crippen molar-refractivity contribution in [1.29, 1.82) is 0 Å². The Bertz CT molecular complexity index is 1260. The van der Waals surface area contributed by atoms with E-state index in [0.717, 1.165) is 0 Å². The van der Waals surface area contributed by atoms with Gasteiger partial charge in [0.15, 0.2) is 5.78 Å². The summed E-state index contributed by atoms with van der Waals surface area (Å²) < 4.78 is 11.3. The molecule has 0 heterocycles. The molecule has 0 atom stereocenters. The molecular formula is C25H16N2O7. The molecule has 9 heteroatoms. The molecule has 4 aromatic carbocycles. The van der Waals surface area contributed by atoms with Crippen molar-refractivity contribution in [2.45, 2.75) is 0 Å². The fourth-order valence-electron chi connectivity index (χ4n) is 3.11. The van der Waals surface area contributed by atoms with E-state index in [0.29, 0.717) is 34.1 Å². The third kappa shape index (κ3) is 5.22. The Kier molecular flexibility index (Phi) is 6.26. The number of rotatable bonds is 8. The molecule has 0 amide bonds. The average Bonchev–Trinajstić information content (AvgIpc) is 2.85. The SMILES string of the molecule is O=C(c1ccc(Oc2cccc([N+](=O)[O-])c2)cc1)c1ccc(Oc2cccc([N+](=O)[O-])c2)cc1. The van der Waals surface area contributed by atoms with E-state index >= 15 is 0 Å². The molecule has 0 N–H and O–H groups in total.